The largest absolute Gasteiger partial charge is 0.502 e. The maximum absolute atomic E-state index is 14.7. The summed E-state index contributed by atoms with van der Waals surface area (Å²) in [5.41, 5.74) is 1.21. The first kappa shape index (κ1) is 21.9. The quantitative estimate of drug-likeness (QED) is 0.241. The van der Waals surface area contributed by atoms with E-state index in [-0.39, 0.29) is 30.5 Å². The summed E-state index contributed by atoms with van der Waals surface area (Å²) in [6, 6.07) is 9.40. The smallest absolute Gasteiger partial charge is 0.229 e. The second-order valence-corrected chi connectivity index (χ2v) is 8.68. The summed E-state index contributed by atoms with van der Waals surface area (Å²) < 4.78 is 31.5. The maximum Gasteiger partial charge on any atom is 0.229 e. The van der Waals surface area contributed by atoms with Gasteiger partial charge < -0.3 is 14.2 Å². The van der Waals surface area contributed by atoms with Crippen molar-refractivity contribution in [3.05, 3.63) is 82.0 Å². The molecule has 0 N–H and O–H groups in total. The Kier molecular flexibility index (Phi) is 6.16. The number of benzene rings is 2. The van der Waals surface area contributed by atoms with Gasteiger partial charge in [-0.25, -0.2) is 14.2 Å². The molecule has 4 aromatic rings. The Labute approximate surface area is 198 Å². The number of epoxide rings is 1. The third kappa shape index (κ3) is 5.03. The fraction of sp³-hybridized carbons (Fsp3) is 0.200. The summed E-state index contributed by atoms with van der Waals surface area (Å²) in [7, 11) is 0. The van der Waals surface area contributed by atoms with E-state index < -0.39 is 5.82 Å². The zero-order valence-corrected chi connectivity index (χ0v) is 18.7. The average molecular weight is 476 g/mol. The number of ether oxygens (including phenoxy) is 3. The molecule has 0 amide bonds. The van der Waals surface area contributed by atoms with E-state index in [4.69, 9.17) is 20.8 Å². The predicted octanol–water partition coefficient (Wildman–Crippen LogP) is 5.31. The van der Waals surface area contributed by atoms with E-state index in [2.05, 4.69) is 14.8 Å². The van der Waals surface area contributed by atoms with E-state index in [9.17, 15) is 9.18 Å². The first-order chi connectivity index (χ1) is 16.6. The number of rotatable bonds is 9. The van der Waals surface area contributed by atoms with E-state index in [1.54, 1.807) is 48.1 Å². The highest BCUT2D eigenvalue weighted by atomic mass is 32.1. The Hall–Kier alpha value is -3.87. The number of fused-ring (bicyclic) bond motifs is 1. The number of pyridine rings is 1. The molecule has 2 aromatic carbocycles. The van der Waals surface area contributed by atoms with Gasteiger partial charge in [-0.2, -0.15) is 0 Å². The first-order valence-electron chi connectivity index (χ1n) is 10.5. The molecule has 1 aliphatic heterocycles. The number of carbonyl (C=O) groups excluding carboxylic acids is 1. The van der Waals surface area contributed by atoms with E-state index in [0.717, 1.165) is 0 Å². The SMILES string of the molecule is [C-]#[N+]c1cc2c(Oc3ccc(CC(=O)Cc4nccs4)c(F)c3)ccnc2cc1OC[C@H]1CO1. The predicted molar refractivity (Wildman–Crippen MR) is 124 cm³/mol. The molecule has 0 spiro atoms. The van der Waals surface area contributed by atoms with Gasteiger partial charge >= 0.3 is 0 Å². The topological polar surface area (TPSA) is 78.2 Å². The fourth-order valence-electron chi connectivity index (χ4n) is 3.42. The lowest BCUT2D eigenvalue weighted by molar-refractivity contribution is -0.117. The average Bonchev–Trinajstić information content (AvgIpc) is 3.53. The van der Waals surface area contributed by atoms with E-state index in [0.29, 0.717) is 51.9 Å². The van der Waals surface area contributed by atoms with Gasteiger partial charge in [0.2, 0.25) is 5.69 Å². The molecule has 0 unspecified atom stereocenters. The molecule has 0 bridgehead atoms. The van der Waals surface area contributed by atoms with Crippen molar-refractivity contribution < 1.29 is 23.4 Å². The fourth-order valence-corrected chi connectivity index (χ4v) is 4.07. The van der Waals surface area contributed by atoms with Crippen molar-refractivity contribution in [3.8, 4) is 17.2 Å². The van der Waals surface area contributed by atoms with Crippen LogP contribution in [-0.4, -0.2) is 35.1 Å². The normalized spacial score (nSPS) is 14.5. The lowest BCUT2D eigenvalue weighted by atomic mass is 10.1. The number of halogens is 1. The van der Waals surface area contributed by atoms with E-state index in [1.807, 2.05) is 0 Å². The Morgan fingerprint density at radius 2 is 2.06 bits per heavy atom. The highest BCUT2D eigenvalue weighted by Gasteiger charge is 2.24. The minimum absolute atomic E-state index is 0.0209. The van der Waals surface area contributed by atoms with Gasteiger partial charge in [-0.3, -0.25) is 9.78 Å². The summed E-state index contributed by atoms with van der Waals surface area (Å²) in [5, 5.41) is 3.12. The second kappa shape index (κ2) is 9.55. The summed E-state index contributed by atoms with van der Waals surface area (Å²) in [5.74, 6) is 0.500. The molecule has 1 fully saturated rings. The number of thiazole rings is 1. The van der Waals surface area contributed by atoms with Crippen LogP contribution < -0.4 is 9.47 Å². The number of Topliss-reactive ketones (excluding diaryl/α,β-unsaturated/α-hetero) is 1. The Bertz CT molecular complexity index is 1400. The third-order valence-electron chi connectivity index (χ3n) is 5.20. The van der Waals surface area contributed by atoms with Crippen molar-refractivity contribution in [3.63, 3.8) is 0 Å². The number of hydrogen-bond acceptors (Lipinski definition) is 7. The highest BCUT2D eigenvalue weighted by Crippen LogP contribution is 2.38. The number of ketones is 1. The lowest BCUT2D eigenvalue weighted by Gasteiger charge is -2.12. The van der Waals surface area contributed by atoms with Crippen LogP contribution in [0.15, 0.2) is 54.2 Å². The van der Waals surface area contributed by atoms with Crippen LogP contribution >= 0.6 is 11.3 Å². The molecule has 1 aliphatic rings. The van der Waals surface area contributed by atoms with Crippen LogP contribution in [-0.2, 0) is 22.4 Å². The molecule has 170 valence electrons. The molecule has 0 radical (unpaired) electrons. The van der Waals surface area contributed by atoms with E-state index >= 15 is 0 Å². The second-order valence-electron chi connectivity index (χ2n) is 7.70. The third-order valence-corrected chi connectivity index (χ3v) is 5.98. The molecule has 0 aliphatic carbocycles. The molecule has 3 heterocycles. The Morgan fingerprint density at radius 1 is 1.18 bits per heavy atom. The molecule has 7 nitrogen and oxygen atoms in total. The number of nitrogens with zero attached hydrogens (tertiary/aromatic N) is 3. The van der Waals surface area contributed by atoms with Crippen LogP contribution in [0.5, 0.6) is 17.2 Å². The van der Waals surface area contributed by atoms with Crippen LogP contribution in [0.3, 0.4) is 0 Å². The van der Waals surface area contributed by atoms with Crippen molar-refractivity contribution in [2.75, 3.05) is 13.2 Å². The summed E-state index contributed by atoms with van der Waals surface area (Å²) in [6.07, 6.45) is 3.44. The van der Waals surface area contributed by atoms with Gasteiger partial charge in [0.1, 0.15) is 41.6 Å². The Balaban J connectivity index is 1.34. The zero-order valence-electron chi connectivity index (χ0n) is 17.9. The van der Waals surface area contributed by atoms with Gasteiger partial charge in [0.25, 0.3) is 0 Å². The maximum atomic E-state index is 14.7. The van der Waals surface area contributed by atoms with Crippen molar-refractivity contribution in [1.29, 1.82) is 0 Å². The van der Waals surface area contributed by atoms with Crippen molar-refractivity contribution >= 4 is 33.7 Å². The van der Waals surface area contributed by atoms with Crippen LogP contribution in [0.2, 0.25) is 0 Å². The Morgan fingerprint density at radius 3 is 2.79 bits per heavy atom. The number of hydrogen-bond donors (Lipinski definition) is 0. The minimum atomic E-state index is -0.525. The molecule has 34 heavy (non-hydrogen) atoms. The van der Waals surface area contributed by atoms with Gasteiger partial charge in [-0.1, -0.05) is 6.07 Å². The van der Waals surface area contributed by atoms with Crippen molar-refractivity contribution in [2.45, 2.75) is 18.9 Å². The monoisotopic (exact) mass is 475 g/mol. The number of aromatic nitrogens is 2. The van der Waals surface area contributed by atoms with Crippen LogP contribution in [0.1, 0.15) is 10.6 Å². The van der Waals surface area contributed by atoms with E-state index in [1.165, 1.54) is 17.4 Å². The molecule has 5 rings (SSSR count). The van der Waals surface area contributed by atoms with Gasteiger partial charge in [0.15, 0.2) is 0 Å². The standard InChI is InChI=1S/C25H18FN3O4S/c1-27-22-11-19-21(12-24(22)32-14-18-13-31-18)28-5-4-23(19)33-17-3-2-15(20(26)10-17)8-16(30)9-25-29-6-7-34-25/h2-7,10-12,18H,8-9,13-14H2/t18-/m1/s1. The molecule has 2 aromatic heterocycles. The molecule has 9 heteroatoms. The lowest BCUT2D eigenvalue weighted by Crippen LogP contribution is -2.07. The van der Waals surface area contributed by atoms with Crippen molar-refractivity contribution in [2.24, 2.45) is 0 Å². The number of carbonyl (C=O) groups is 1. The zero-order chi connectivity index (χ0) is 23.5. The molecule has 0 saturated carbocycles. The summed E-state index contributed by atoms with van der Waals surface area (Å²) >= 11 is 1.40. The van der Waals surface area contributed by atoms with Gasteiger partial charge in [0.05, 0.1) is 30.1 Å². The molecule has 1 saturated heterocycles. The van der Waals surface area contributed by atoms with Crippen LogP contribution in [0.25, 0.3) is 15.7 Å². The van der Waals surface area contributed by atoms with Crippen molar-refractivity contribution in [1.82, 2.24) is 9.97 Å². The van der Waals surface area contributed by atoms with Crippen LogP contribution in [0.4, 0.5) is 10.1 Å². The summed E-state index contributed by atoms with van der Waals surface area (Å²) in [6.45, 7) is 8.53. The molecular weight excluding hydrogens is 457 g/mol. The van der Waals surface area contributed by atoms with Gasteiger partial charge in [0, 0.05) is 35.6 Å². The summed E-state index contributed by atoms with van der Waals surface area (Å²) in [4.78, 5) is 24.2. The molecular formula is C25H18FN3O4S. The first-order valence-corrected chi connectivity index (χ1v) is 11.4. The highest BCUT2D eigenvalue weighted by molar-refractivity contribution is 7.09. The molecule has 1 atom stereocenters. The van der Waals surface area contributed by atoms with Crippen LogP contribution in [0, 0.1) is 12.4 Å². The van der Waals surface area contributed by atoms with Gasteiger partial charge in [-0.15, -0.1) is 11.3 Å². The van der Waals surface area contributed by atoms with Gasteiger partial charge in [-0.05, 0) is 29.8 Å². The minimum Gasteiger partial charge on any atom is -0.502 e.